The number of carbonyl (C=O) groups excluding carboxylic acids is 2. The number of methoxy groups -OCH3 is 1. The van der Waals surface area contributed by atoms with E-state index in [0.717, 1.165) is 34.9 Å². The first-order chi connectivity index (χ1) is 14.6. The molecule has 0 saturated carbocycles. The summed E-state index contributed by atoms with van der Waals surface area (Å²) in [5, 5.41) is 5.07. The van der Waals surface area contributed by atoms with Crippen molar-refractivity contribution in [2.75, 3.05) is 37.1 Å². The minimum absolute atomic E-state index is 0.0565. The van der Waals surface area contributed by atoms with Gasteiger partial charge in [-0.05, 0) is 59.5 Å². The van der Waals surface area contributed by atoms with E-state index < -0.39 is 0 Å². The predicted molar refractivity (Wildman–Crippen MR) is 117 cm³/mol. The number of anilines is 2. The number of rotatable bonds is 6. The van der Waals surface area contributed by atoms with Crippen LogP contribution in [-0.4, -0.2) is 38.7 Å². The van der Waals surface area contributed by atoms with Crippen LogP contribution in [0.4, 0.5) is 11.4 Å². The van der Waals surface area contributed by atoms with E-state index in [4.69, 9.17) is 9.47 Å². The van der Waals surface area contributed by atoms with E-state index in [-0.39, 0.29) is 25.0 Å². The van der Waals surface area contributed by atoms with Crippen LogP contribution in [-0.2, 0) is 20.7 Å². The summed E-state index contributed by atoms with van der Waals surface area (Å²) >= 11 is 0. The second kappa shape index (κ2) is 8.97. The standard InChI is InChI=1S/C24H24N2O4/c1-29-16-24(28)26-12-4-7-19-13-20(9-11-22(19)26)25-23(27)15-30-21-10-8-17-5-2-3-6-18(17)14-21/h2-3,5-6,8-11,13-14H,4,7,12,15-16H2,1H3,(H,25,27). The molecular formula is C24H24N2O4. The SMILES string of the molecule is COCC(=O)N1CCCc2cc(NC(=O)COc3ccc4ccccc4c3)ccc21. The first-order valence-electron chi connectivity index (χ1n) is 9.98. The van der Waals surface area contributed by atoms with E-state index in [2.05, 4.69) is 5.32 Å². The lowest BCUT2D eigenvalue weighted by Gasteiger charge is -2.29. The molecule has 6 heteroatoms. The molecule has 0 radical (unpaired) electrons. The molecule has 3 aromatic rings. The molecule has 1 heterocycles. The molecule has 1 N–H and O–H groups in total. The van der Waals surface area contributed by atoms with Crippen LogP contribution in [0.15, 0.2) is 60.7 Å². The highest BCUT2D eigenvalue weighted by Gasteiger charge is 2.22. The number of aryl methyl sites for hydroxylation is 1. The summed E-state index contributed by atoms with van der Waals surface area (Å²) in [5.74, 6) is 0.367. The van der Waals surface area contributed by atoms with Crippen molar-refractivity contribution < 1.29 is 19.1 Å². The lowest BCUT2D eigenvalue weighted by molar-refractivity contribution is -0.122. The maximum Gasteiger partial charge on any atom is 0.262 e. The van der Waals surface area contributed by atoms with Crippen molar-refractivity contribution in [1.29, 1.82) is 0 Å². The Morgan fingerprint density at radius 2 is 1.83 bits per heavy atom. The Labute approximate surface area is 175 Å². The summed E-state index contributed by atoms with van der Waals surface area (Å²) in [6.07, 6.45) is 1.74. The Morgan fingerprint density at radius 3 is 2.67 bits per heavy atom. The minimum atomic E-state index is -0.230. The molecular weight excluding hydrogens is 380 g/mol. The number of benzene rings is 3. The average Bonchev–Trinajstić information content (AvgIpc) is 2.77. The molecule has 0 aliphatic carbocycles. The Morgan fingerprint density at radius 1 is 1.00 bits per heavy atom. The fourth-order valence-corrected chi connectivity index (χ4v) is 3.74. The molecule has 4 rings (SSSR count). The highest BCUT2D eigenvalue weighted by atomic mass is 16.5. The third-order valence-corrected chi connectivity index (χ3v) is 5.14. The van der Waals surface area contributed by atoms with Crippen LogP contribution >= 0.6 is 0 Å². The molecule has 1 aliphatic rings. The van der Waals surface area contributed by atoms with Gasteiger partial charge in [-0.25, -0.2) is 0 Å². The summed E-state index contributed by atoms with van der Waals surface area (Å²) in [4.78, 5) is 26.3. The third-order valence-electron chi connectivity index (χ3n) is 5.14. The molecule has 1 aliphatic heterocycles. The molecule has 154 valence electrons. The summed E-state index contributed by atoms with van der Waals surface area (Å²) < 4.78 is 10.6. The number of hydrogen-bond acceptors (Lipinski definition) is 4. The van der Waals surface area contributed by atoms with Crippen LogP contribution < -0.4 is 15.0 Å². The van der Waals surface area contributed by atoms with Gasteiger partial charge in [0, 0.05) is 25.0 Å². The molecule has 3 aromatic carbocycles. The van der Waals surface area contributed by atoms with Crippen LogP contribution in [0, 0.1) is 0 Å². The molecule has 0 aromatic heterocycles. The lowest BCUT2D eigenvalue weighted by Crippen LogP contribution is -2.37. The van der Waals surface area contributed by atoms with E-state index in [1.165, 1.54) is 7.11 Å². The molecule has 0 saturated heterocycles. The number of nitrogens with one attached hydrogen (secondary N) is 1. The maximum absolute atomic E-state index is 12.4. The van der Waals surface area contributed by atoms with Gasteiger partial charge in [0.1, 0.15) is 12.4 Å². The highest BCUT2D eigenvalue weighted by molar-refractivity contribution is 5.97. The van der Waals surface area contributed by atoms with Gasteiger partial charge in [0.15, 0.2) is 6.61 Å². The minimum Gasteiger partial charge on any atom is -0.484 e. The highest BCUT2D eigenvalue weighted by Crippen LogP contribution is 2.30. The van der Waals surface area contributed by atoms with Crippen molar-refractivity contribution in [3.63, 3.8) is 0 Å². The van der Waals surface area contributed by atoms with Gasteiger partial charge < -0.3 is 19.7 Å². The first-order valence-corrected chi connectivity index (χ1v) is 9.98. The molecule has 30 heavy (non-hydrogen) atoms. The zero-order valence-electron chi connectivity index (χ0n) is 16.9. The molecule has 2 amide bonds. The van der Waals surface area contributed by atoms with Crippen LogP contribution in [0.2, 0.25) is 0 Å². The normalized spacial score (nSPS) is 13.0. The van der Waals surface area contributed by atoms with Crippen molar-refractivity contribution in [2.24, 2.45) is 0 Å². The number of nitrogens with zero attached hydrogens (tertiary/aromatic N) is 1. The van der Waals surface area contributed by atoms with Crippen LogP contribution in [0.3, 0.4) is 0 Å². The van der Waals surface area contributed by atoms with Crippen molar-refractivity contribution in [3.05, 3.63) is 66.2 Å². The molecule has 0 atom stereocenters. The zero-order chi connectivity index (χ0) is 20.9. The number of carbonyl (C=O) groups is 2. The second-order valence-corrected chi connectivity index (χ2v) is 7.27. The topological polar surface area (TPSA) is 67.9 Å². The Bertz CT molecular complexity index is 1080. The van der Waals surface area contributed by atoms with Crippen molar-refractivity contribution >= 4 is 34.0 Å². The maximum atomic E-state index is 12.4. The predicted octanol–water partition coefficient (Wildman–Crippen LogP) is 3.78. The van der Waals surface area contributed by atoms with E-state index in [0.29, 0.717) is 18.0 Å². The van der Waals surface area contributed by atoms with Crippen LogP contribution in [0.5, 0.6) is 5.75 Å². The van der Waals surface area contributed by atoms with Gasteiger partial charge in [0.05, 0.1) is 0 Å². The molecule has 0 spiro atoms. The Balaban J connectivity index is 1.39. The van der Waals surface area contributed by atoms with Gasteiger partial charge in [-0.2, -0.15) is 0 Å². The average molecular weight is 404 g/mol. The third kappa shape index (κ3) is 4.44. The van der Waals surface area contributed by atoms with E-state index >= 15 is 0 Å². The number of fused-ring (bicyclic) bond motifs is 2. The zero-order valence-corrected chi connectivity index (χ0v) is 16.9. The second-order valence-electron chi connectivity index (χ2n) is 7.27. The lowest BCUT2D eigenvalue weighted by atomic mass is 10.0. The Kier molecular flexibility index (Phi) is 5.95. The first kappa shape index (κ1) is 19.9. The van der Waals surface area contributed by atoms with Crippen molar-refractivity contribution in [3.8, 4) is 5.75 Å². The van der Waals surface area contributed by atoms with E-state index in [1.54, 1.807) is 4.90 Å². The summed E-state index contributed by atoms with van der Waals surface area (Å²) in [6, 6.07) is 19.4. The van der Waals surface area contributed by atoms with Gasteiger partial charge in [0.2, 0.25) is 0 Å². The van der Waals surface area contributed by atoms with Crippen LogP contribution in [0.1, 0.15) is 12.0 Å². The van der Waals surface area contributed by atoms with Crippen molar-refractivity contribution in [1.82, 2.24) is 0 Å². The Hall–Kier alpha value is -3.38. The van der Waals surface area contributed by atoms with Gasteiger partial charge in [-0.15, -0.1) is 0 Å². The van der Waals surface area contributed by atoms with Crippen molar-refractivity contribution in [2.45, 2.75) is 12.8 Å². The summed E-state index contributed by atoms with van der Waals surface area (Å²) in [7, 11) is 1.52. The molecule has 0 unspecified atom stereocenters. The summed E-state index contributed by atoms with van der Waals surface area (Å²) in [5.41, 5.74) is 2.62. The van der Waals surface area contributed by atoms with E-state index in [1.807, 2.05) is 60.7 Å². The monoisotopic (exact) mass is 404 g/mol. The number of ether oxygens (including phenoxy) is 2. The smallest absolute Gasteiger partial charge is 0.262 e. The molecule has 0 fully saturated rings. The van der Waals surface area contributed by atoms with Gasteiger partial charge in [-0.3, -0.25) is 9.59 Å². The van der Waals surface area contributed by atoms with Crippen LogP contribution in [0.25, 0.3) is 10.8 Å². The number of hydrogen-bond donors (Lipinski definition) is 1. The summed E-state index contributed by atoms with van der Waals surface area (Å²) in [6.45, 7) is 0.665. The quantitative estimate of drug-likeness (QED) is 0.679. The van der Waals surface area contributed by atoms with Gasteiger partial charge >= 0.3 is 0 Å². The fourth-order valence-electron chi connectivity index (χ4n) is 3.74. The molecule has 6 nitrogen and oxygen atoms in total. The fraction of sp³-hybridized carbons (Fsp3) is 0.250. The molecule has 0 bridgehead atoms. The largest absolute Gasteiger partial charge is 0.484 e. The van der Waals surface area contributed by atoms with Gasteiger partial charge in [0.25, 0.3) is 11.8 Å². The number of amides is 2. The van der Waals surface area contributed by atoms with E-state index in [9.17, 15) is 9.59 Å². The van der Waals surface area contributed by atoms with Gasteiger partial charge in [-0.1, -0.05) is 30.3 Å².